The largest absolute Gasteiger partial charge is 0.396 e. The minimum atomic E-state index is -0.440. The number of aliphatic hydroxyl groups excluding tert-OH is 2. The van der Waals surface area contributed by atoms with Crippen LogP contribution in [-0.2, 0) is 6.42 Å². The third-order valence-electron chi connectivity index (χ3n) is 3.10. The molecule has 0 amide bonds. The summed E-state index contributed by atoms with van der Waals surface area (Å²) in [4.78, 5) is 11.9. The molecule has 2 atom stereocenters. The van der Waals surface area contributed by atoms with Gasteiger partial charge in [-0.2, -0.15) is 0 Å². The summed E-state index contributed by atoms with van der Waals surface area (Å²) in [5.41, 5.74) is 1.67. The Balaban J connectivity index is 2.40. The number of hydrogen-bond acceptors (Lipinski definition) is 3. The van der Waals surface area contributed by atoms with Crippen molar-refractivity contribution in [1.82, 2.24) is 0 Å². The smallest absolute Gasteiger partial charge is 0.168 e. The first kappa shape index (κ1) is 10.3. The first-order valence-electron chi connectivity index (χ1n) is 5.11. The van der Waals surface area contributed by atoms with Gasteiger partial charge in [0.1, 0.15) is 0 Å². The van der Waals surface area contributed by atoms with E-state index in [0.29, 0.717) is 12.0 Å². The maximum atomic E-state index is 11.9. The number of ketones is 1. The van der Waals surface area contributed by atoms with Crippen LogP contribution in [0.15, 0.2) is 24.3 Å². The number of Topliss-reactive ketones (excluding diaryl/α,β-unsaturated/α-hetero) is 1. The van der Waals surface area contributed by atoms with E-state index in [9.17, 15) is 9.90 Å². The van der Waals surface area contributed by atoms with Crippen LogP contribution in [0.2, 0.25) is 0 Å². The van der Waals surface area contributed by atoms with E-state index in [1.165, 1.54) is 0 Å². The van der Waals surface area contributed by atoms with Gasteiger partial charge < -0.3 is 10.2 Å². The van der Waals surface area contributed by atoms with E-state index >= 15 is 0 Å². The molecule has 0 heterocycles. The van der Waals surface area contributed by atoms with E-state index in [2.05, 4.69) is 0 Å². The molecule has 1 aliphatic rings. The zero-order chi connectivity index (χ0) is 10.8. The Morgan fingerprint density at radius 1 is 1.20 bits per heavy atom. The number of carbonyl (C=O) groups excluding carboxylic acids is 1. The molecule has 2 N–H and O–H groups in total. The maximum absolute atomic E-state index is 11.9. The summed E-state index contributed by atoms with van der Waals surface area (Å²) in [5, 5.41) is 18.3. The third kappa shape index (κ3) is 1.68. The molecular weight excluding hydrogens is 192 g/mol. The number of rotatable bonds is 2. The van der Waals surface area contributed by atoms with Gasteiger partial charge in [-0.3, -0.25) is 4.79 Å². The molecule has 0 aliphatic heterocycles. The van der Waals surface area contributed by atoms with Crippen molar-refractivity contribution in [2.45, 2.75) is 6.42 Å². The van der Waals surface area contributed by atoms with Crippen LogP contribution < -0.4 is 0 Å². The van der Waals surface area contributed by atoms with Gasteiger partial charge in [-0.15, -0.1) is 0 Å². The first-order valence-corrected chi connectivity index (χ1v) is 5.11. The van der Waals surface area contributed by atoms with E-state index < -0.39 is 5.92 Å². The molecule has 1 aliphatic carbocycles. The van der Waals surface area contributed by atoms with Crippen LogP contribution in [0.1, 0.15) is 15.9 Å². The van der Waals surface area contributed by atoms with E-state index in [1.807, 2.05) is 18.2 Å². The van der Waals surface area contributed by atoms with E-state index in [0.717, 1.165) is 5.56 Å². The second kappa shape index (κ2) is 4.13. The Labute approximate surface area is 88.4 Å². The molecule has 0 radical (unpaired) electrons. The van der Waals surface area contributed by atoms with Gasteiger partial charge in [-0.25, -0.2) is 0 Å². The van der Waals surface area contributed by atoms with Crippen molar-refractivity contribution in [3.05, 3.63) is 35.4 Å². The molecule has 1 aromatic carbocycles. The molecule has 0 aromatic heterocycles. The molecule has 0 spiro atoms. The van der Waals surface area contributed by atoms with Crippen LogP contribution in [0.25, 0.3) is 0 Å². The molecule has 1 aromatic rings. The lowest BCUT2D eigenvalue weighted by molar-refractivity contribution is 0.0666. The average Bonchev–Trinajstić information content (AvgIpc) is 2.29. The minimum Gasteiger partial charge on any atom is -0.396 e. The summed E-state index contributed by atoms with van der Waals surface area (Å²) >= 11 is 0. The van der Waals surface area contributed by atoms with Gasteiger partial charge in [0.25, 0.3) is 0 Å². The van der Waals surface area contributed by atoms with Crippen LogP contribution in [0, 0.1) is 11.8 Å². The second-order valence-corrected chi connectivity index (χ2v) is 3.96. The molecule has 0 saturated heterocycles. The van der Waals surface area contributed by atoms with E-state index in [-0.39, 0.29) is 24.9 Å². The molecule has 3 heteroatoms. The van der Waals surface area contributed by atoms with Gasteiger partial charge >= 0.3 is 0 Å². The zero-order valence-corrected chi connectivity index (χ0v) is 8.39. The van der Waals surface area contributed by atoms with Crippen LogP contribution >= 0.6 is 0 Å². The Morgan fingerprint density at radius 3 is 2.60 bits per heavy atom. The van der Waals surface area contributed by atoms with Crippen molar-refractivity contribution in [3.8, 4) is 0 Å². The van der Waals surface area contributed by atoms with Gasteiger partial charge in [-0.05, 0) is 17.9 Å². The summed E-state index contributed by atoms with van der Waals surface area (Å²) in [6, 6.07) is 7.40. The zero-order valence-electron chi connectivity index (χ0n) is 8.39. The average molecular weight is 206 g/mol. The third-order valence-corrected chi connectivity index (χ3v) is 3.10. The molecule has 0 saturated carbocycles. The lowest BCUT2D eigenvalue weighted by Crippen LogP contribution is -2.35. The van der Waals surface area contributed by atoms with E-state index in [1.54, 1.807) is 6.07 Å². The maximum Gasteiger partial charge on any atom is 0.168 e. The molecule has 0 fully saturated rings. The highest BCUT2D eigenvalue weighted by molar-refractivity contribution is 6.00. The summed E-state index contributed by atoms with van der Waals surface area (Å²) in [7, 11) is 0. The minimum absolute atomic E-state index is 0.0431. The fourth-order valence-electron chi connectivity index (χ4n) is 2.20. The highest BCUT2D eigenvalue weighted by Crippen LogP contribution is 2.29. The Hall–Kier alpha value is -1.19. The van der Waals surface area contributed by atoms with Gasteiger partial charge in [-0.1, -0.05) is 24.3 Å². The van der Waals surface area contributed by atoms with Gasteiger partial charge in [0.2, 0.25) is 0 Å². The predicted molar refractivity (Wildman–Crippen MR) is 55.6 cm³/mol. The molecule has 15 heavy (non-hydrogen) atoms. The highest BCUT2D eigenvalue weighted by Gasteiger charge is 2.34. The van der Waals surface area contributed by atoms with Crippen molar-refractivity contribution in [2.24, 2.45) is 11.8 Å². The SMILES string of the molecule is O=C1c2ccccc2C[C@H](CO)[C@H]1CO. The standard InChI is InChI=1S/C12H14O3/c13-6-9-5-8-3-1-2-4-10(8)12(15)11(9)7-14/h1-4,9,11,13-14H,5-7H2/t9-,11-/m1/s1. The molecular formula is C12H14O3. The van der Waals surface area contributed by atoms with Crippen LogP contribution in [-0.4, -0.2) is 29.2 Å². The fraction of sp³-hybridized carbons (Fsp3) is 0.417. The van der Waals surface area contributed by atoms with Crippen molar-refractivity contribution in [2.75, 3.05) is 13.2 Å². The van der Waals surface area contributed by atoms with Crippen LogP contribution in [0.5, 0.6) is 0 Å². The van der Waals surface area contributed by atoms with Crippen molar-refractivity contribution in [1.29, 1.82) is 0 Å². The topological polar surface area (TPSA) is 57.5 Å². The van der Waals surface area contributed by atoms with Crippen molar-refractivity contribution >= 4 is 5.78 Å². The van der Waals surface area contributed by atoms with Crippen LogP contribution in [0.3, 0.4) is 0 Å². The normalized spacial score (nSPS) is 25.1. The lowest BCUT2D eigenvalue weighted by Gasteiger charge is -2.29. The summed E-state index contributed by atoms with van der Waals surface area (Å²) in [5.74, 6) is -0.624. The lowest BCUT2D eigenvalue weighted by atomic mass is 9.76. The predicted octanol–water partition coefficient (Wildman–Crippen LogP) is 0.642. The quantitative estimate of drug-likeness (QED) is 0.746. The summed E-state index contributed by atoms with van der Waals surface area (Å²) < 4.78 is 0. The van der Waals surface area contributed by atoms with Gasteiger partial charge in [0.05, 0.1) is 12.5 Å². The van der Waals surface area contributed by atoms with Crippen molar-refractivity contribution < 1.29 is 15.0 Å². The molecule has 80 valence electrons. The first-order chi connectivity index (χ1) is 7.27. The Morgan fingerprint density at radius 2 is 1.93 bits per heavy atom. The fourth-order valence-corrected chi connectivity index (χ4v) is 2.20. The van der Waals surface area contributed by atoms with Crippen LogP contribution in [0.4, 0.5) is 0 Å². The van der Waals surface area contributed by atoms with E-state index in [4.69, 9.17) is 5.11 Å². The summed E-state index contributed by atoms with van der Waals surface area (Å²) in [6.07, 6.45) is 0.670. The number of aliphatic hydroxyl groups is 2. The second-order valence-electron chi connectivity index (χ2n) is 3.96. The Kier molecular flexibility index (Phi) is 2.84. The number of fused-ring (bicyclic) bond motifs is 1. The molecule has 2 rings (SSSR count). The highest BCUT2D eigenvalue weighted by atomic mass is 16.3. The Bertz CT molecular complexity index is 373. The number of benzene rings is 1. The molecule has 3 nitrogen and oxygen atoms in total. The summed E-state index contributed by atoms with van der Waals surface area (Å²) in [6.45, 7) is -0.232. The van der Waals surface area contributed by atoms with Gasteiger partial charge in [0.15, 0.2) is 5.78 Å². The number of hydrogen-bond donors (Lipinski definition) is 2. The molecule has 0 unspecified atom stereocenters. The monoisotopic (exact) mass is 206 g/mol. The van der Waals surface area contributed by atoms with Crippen molar-refractivity contribution in [3.63, 3.8) is 0 Å². The van der Waals surface area contributed by atoms with Gasteiger partial charge in [0, 0.05) is 12.2 Å². The number of carbonyl (C=O) groups is 1. The molecule has 0 bridgehead atoms.